The van der Waals surface area contributed by atoms with E-state index in [9.17, 15) is 4.79 Å². The van der Waals surface area contributed by atoms with Crippen LogP contribution in [0.4, 0.5) is 5.13 Å². The van der Waals surface area contributed by atoms with E-state index in [4.69, 9.17) is 9.31 Å². The van der Waals surface area contributed by atoms with Gasteiger partial charge in [0.25, 0.3) is 0 Å². The second kappa shape index (κ2) is 5.07. The van der Waals surface area contributed by atoms with Gasteiger partial charge in [-0.15, -0.1) is 11.3 Å². The van der Waals surface area contributed by atoms with E-state index in [0.717, 1.165) is 4.78 Å². The van der Waals surface area contributed by atoms with Crippen molar-refractivity contribution in [3.05, 3.63) is 6.20 Å². The predicted octanol–water partition coefficient (Wildman–Crippen LogP) is 2.43. The second-order valence-electron chi connectivity index (χ2n) is 7.36. The molecule has 1 fully saturated rings. The lowest BCUT2D eigenvalue weighted by molar-refractivity contribution is -0.123. The van der Waals surface area contributed by atoms with Crippen molar-refractivity contribution in [1.82, 2.24) is 4.98 Å². The van der Waals surface area contributed by atoms with Crippen LogP contribution in [0, 0.1) is 5.41 Å². The molecule has 0 saturated carbocycles. The van der Waals surface area contributed by atoms with Gasteiger partial charge < -0.3 is 14.6 Å². The van der Waals surface area contributed by atoms with Crippen molar-refractivity contribution < 1.29 is 14.1 Å². The molecule has 1 saturated heterocycles. The Hall–Kier alpha value is -0.915. The number of nitrogens with zero attached hydrogens (tertiary/aromatic N) is 1. The zero-order valence-corrected chi connectivity index (χ0v) is 14.6. The Morgan fingerprint density at radius 1 is 1.24 bits per heavy atom. The van der Waals surface area contributed by atoms with Crippen molar-refractivity contribution in [3.8, 4) is 0 Å². The van der Waals surface area contributed by atoms with Gasteiger partial charge in [-0.05, 0) is 27.7 Å². The number of anilines is 1. The summed E-state index contributed by atoms with van der Waals surface area (Å²) in [6, 6.07) is 0. The highest BCUT2D eigenvalue weighted by Gasteiger charge is 2.52. The molecule has 1 aliphatic rings. The normalized spacial score (nSPS) is 20.6. The van der Waals surface area contributed by atoms with Gasteiger partial charge in [0.1, 0.15) is 0 Å². The second-order valence-corrected chi connectivity index (χ2v) is 8.42. The summed E-state index contributed by atoms with van der Waals surface area (Å²) in [5.41, 5.74) is -1.21. The zero-order chi connectivity index (χ0) is 16.1. The summed E-state index contributed by atoms with van der Waals surface area (Å²) in [5, 5.41) is 3.39. The molecule has 116 valence electrons. The highest BCUT2D eigenvalue weighted by atomic mass is 32.1. The minimum absolute atomic E-state index is 0.0580. The Bertz CT molecular complexity index is 533. The average Bonchev–Trinajstić information content (AvgIpc) is 2.81. The molecule has 1 amide bonds. The van der Waals surface area contributed by atoms with Gasteiger partial charge in [-0.25, -0.2) is 4.98 Å². The van der Waals surface area contributed by atoms with Crippen LogP contribution in [0.25, 0.3) is 0 Å². The largest absolute Gasteiger partial charge is 0.507 e. The minimum Gasteiger partial charge on any atom is -0.399 e. The van der Waals surface area contributed by atoms with Gasteiger partial charge in [-0.1, -0.05) is 20.8 Å². The first-order valence-electron chi connectivity index (χ1n) is 7.05. The predicted molar refractivity (Wildman–Crippen MR) is 85.9 cm³/mol. The van der Waals surface area contributed by atoms with Crippen LogP contribution in [-0.2, 0) is 14.1 Å². The highest BCUT2D eigenvalue weighted by molar-refractivity contribution is 7.25. The fraction of sp³-hybridized carbons (Fsp3) is 0.714. The van der Waals surface area contributed by atoms with E-state index in [1.165, 1.54) is 11.3 Å². The van der Waals surface area contributed by atoms with E-state index in [-0.39, 0.29) is 17.1 Å². The van der Waals surface area contributed by atoms with Gasteiger partial charge in [0, 0.05) is 11.6 Å². The Balaban J connectivity index is 2.10. The van der Waals surface area contributed by atoms with Gasteiger partial charge in [0.05, 0.1) is 16.0 Å². The number of rotatable bonds is 2. The molecule has 1 aromatic heterocycles. The molecule has 2 heterocycles. The average molecular weight is 310 g/mol. The standard InChI is InChI=1S/C14H23BN2O3S/c1-12(2,3)10(18)17-11-16-8-9(21-11)15-19-13(4,5)14(6,7)20-15/h8H,1-7H3,(H,16,17,18). The van der Waals surface area contributed by atoms with Gasteiger partial charge in [-0.3, -0.25) is 4.79 Å². The number of aromatic nitrogens is 1. The maximum Gasteiger partial charge on any atom is 0.507 e. The topological polar surface area (TPSA) is 60.5 Å². The number of thiazole rings is 1. The lowest BCUT2D eigenvalue weighted by Crippen LogP contribution is -2.41. The number of carbonyl (C=O) groups excluding carboxylic acids is 1. The van der Waals surface area contributed by atoms with Gasteiger partial charge in [0.2, 0.25) is 5.91 Å². The van der Waals surface area contributed by atoms with Gasteiger partial charge in [0.15, 0.2) is 5.13 Å². The van der Waals surface area contributed by atoms with Crippen LogP contribution >= 0.6 is 11.3 Å². The van der Waals surface area contributed by atoms with E-state index in [1.54, 1.807) is 6.20 Å². The minimum atomic E-state index is -0.448. The summed E-state index contributed by atoms with van der Waals surface area (Å²) >= 11 is 1.38. The number of amides is 1. The van der Waals surface area contributed by atoms with Crippen LogP contribution in [0.2, 0.25) is 0 Å². The van der Waals surface area contributed by atoms with Gasteiger partial charge in [-0.2, -0.15) is 0 Å². The van der Waals surface area contributed by atoms with Crippen molar-refractivity contribution in [3.63, 3.8) is 0 Å². The maximum absolute atomic E-state index is 12.0. The molecular weight excluding hydrogens is 287 g/mol. The fourth-order valence-electron chi connectivity index (χ4n) is 1.70. The molecule has 0 radical (unpaired) electrons. The monoisotopic (exact) mass is 310 g/mol. The lowest BCUT2D eigenvalue weighted by Gasteiger charge is -2.32. The molecule has 1 aliphatic heterocycles. The Morgan fingerprint density at radius 2 is 1.76 bits per heavy atom. The van der Waals surface area contributed by atoms with Crippen LogP contribution in [0.3, 0.4) is 0 Å². The van der Waals surface area contributed by atoms with E-state index >= 15 is 0 Å². The first-order valence-corrected chi connectivity index (χ1v) is 7.87. The molecule has 1 aromatic rings. The Morgan fingerprint density at radius 3 is 2.24 bits per heavy atom. The van der Waals surface area contributed by atoms with Crippen molar-refractivity contribution in [2.45, 2.75) is 59.7 Å². The summed E-state index contributed by atoms with van der Waals surface area (Å²) in [5.74, 6) is -0.0580. The van der Waals surface area contributed by atoms with Crippen LogP contribution in [-0.4, -0.2) is 29.2 Å². The van der Waals surface area contributed by atoms with Gasteiger partial charge >= 0.3 is 7.12 Å². The van der Waals surface area contributed by atoms with Crippen LogP contribution in [0.1, 0.15) is 48.5 Å². The summed E-state index contributed by atoms with van der Waals surface area (Å²) in [6.45, 7) is 13.6. The summed E-state index contributed by atoms with van der Waals surface area (Å²) in [7, 11) is -0.437. The SMILES string of the molecule is CC(C)(C)C(=O)Nc1ncc(B2OC(C)(C)C(C)(C)O2)s1. The van der Waals surface area contributed by atoms with Crippen molar-refractivity contribution >= 4 is 34.3 Å². The molecule has 0 bridgehead atoms. The summed E-state index contributed by atoms with van der Waals surface area (Å²) < 4.78 is 12.8. The molecule has 0 aliphatic carbocycles. The smallest absolute Gasteiger partial charge is 0.399 e. The highest BCUT2D eigenvalue weighted by Crippen LogP contribution is 2.37. The summed E-state index contributed by atoms with van der Waals surface area (Å²) in [6.07, 6.45) is 1.70. The molecule has 0 unspecified atom stereocenters. The summed E-state index contributed by atoms with van der Waals surface area (Å²) in [4.78, 5) is 16.2. The first kappa shape index (κ1) is 16.5. The molecule has 2 rings (SSSR count). The van der Waals surface area contributed by atoms with Crippen LogP contribution in [0.15, 0.2) is 6.20 Å². The number of hydrogen-bond acceptors (Lipinski definition) is 5. The molecular formula is C14H23BN2O3S. The van der Waals surface area contributed by atoms with Crippen molar-refractivity contribution in [2.24, 2.45) is 5.41 Å². The van der Waals surface area contributed by atoms with Crippen molar-refractivity contribution in [2.75, 3.05) is 5.32 Å². The van der Waals surface area contributed by atoms with E-state index < -0.39 is 12.5 Å². The quantitative estimate of drug-likeness (QED) is 0.852. The lowest BCUT2D eigenvalue weighted by atomic mass is 9.89. The van der Waals surface area contributed by atoms with E-state index in [1.807, 2.05) is 48.5 Å². The first-order chi connectivity index (χ1) is 9.42. The molecule has 5 nitrogen and oxygen atoms in total. The Labute approximate surface area is 130 Å². The number of hydrogen-bond donors (Lipinski definition) is 1. The number of nitrogens with one attached hydrogen (secondary N) is 1. The van der Waals surface area contributed by atoms with Crippen LogP contribution < -0.4 is 10.1 Å². The molecule has 1 N–H and O–H groups in total. The third-order valence-electron chi connectivity index (χ3n) is 3.91. The molecule has 21 heavy (non-hydrogen) atoms. The maximum atomic E-state index is 12.0. The number of carbonyl (C=O) groups is 1. The molecule has 0 aromatic carbocycles. The van der Waals surface area contributed by atoms with E-state index in [2.05, 4.69) is 10.3 Å². The third kappa shape index (κ3) is 3.30. The zero-order valence-electron chi connectivity index (χ0n) is 13.7. The molecule has 0 atom stereocenters. The van der Waals surface area contributed by atoms with Crippen molar-refractivity contribution in [1.29, 1.82) is 0 Å². The Kier molecular flexibility index (Phi) is 3.97. The fourth-order valence-corrected chi connectivity index (χ4v) is 2.47. The molecule has 0 spiro atoms. The van der Waals surface area contributed by atoms with E-state index in [0.29, 0.717) is 5.13 Å². The third-order valence-corrected chi connectivity index (χ3v) is 4.85. The molecule has 7 heteroatoms. The van der Waals surface area contributed by atoms with Crippen LogP contribution in [0.5, 0.6) is 0 Å².